The minimum Gasteiger partial charge on any atom is -0.507 e. The number of aryl methyl sites for hydroxylation is 1. The number of nitrogens with zero attached hydrogens (tertiary/aromatic N) is 1. The van der Waals surface area contributed by atoms with E-state index in [4.69, 9.17) is 0 Å². The van der Waals surface area contributed by atoms with Crippen LogP contribution in [0.25, 0.3) is 12.2 Å². The van der Waals surface area contributed by atoms with E-state index in [2.05, 4.69) is 37.9 Å². The first-order valence-corrected chi connectivity index (χ1v) is 6.80. The number of pyridine rings is 1. The van der Waals surface area contributed by atoms with Crippen molar-refractivity contribution in [3.05, 3.63) is 58.9 Å². The average Bonchev–Trinajstić information content (AvgIpc) is 2.40. The largest absolute Gasteiger partial charge is 0.507 e. The lowest BCUT2D eigenvalue weighted by molar-refractivity contribution is 0.443. The summed E-state index contributed by atoms with van der Waals surface area (Å²) in [6, 6.07) is 7.98. The van der Waals surface area contributed by atoms with Crippen molar-refractivity contribution >= 4 is 12.2 Å². The molecule has 20 heavy (non-hydrogen) atoms. The molecule has 104 valence electrons. The van der Waals surface area contributed by atoms with Crippen LogP contribution in [0.3, 0.4) is 0 Å². The maximum absolute atomic E-state index is 10.2. The summed E-state index contributed by atoms with van der Waals surface area (Å²) < 4.78 is 0. The summed E-state index contributed by atoms with van der Waals surface area (Å²) in [5.41, 5.74) is 3.96. The average molecular weight is 267 g/mol. The van der Waals surface area contributed by atoms with Crippen molar-refractivity contribution in [2.45, 2.75) is 33.1 Å². The molecule has 0 radical (unpaired) electrons. The SMILES string of the molecule is Cc1cc(/C=C/c2cccnc2)cc(C(C)(C)C)c1O. The Labute approximate surface area is 120 Å². The summed E-state index contributed by atoms with van der Waals surface area (Å²) in [6.45, 7) is 8.26. The van der Waals surface area contributed by atoms with E-state index in [-0.39, 0.29) is 5.41 Å². The monoisotopic (exact) mass is 267 g/mol. The third kappa shape index (κ3) is 3.27. The topological polar surface area (TPSA) is 33.1 Å². The van der Waals surface area contributed by atoms with E-state index in [9.17, 15) is 5.11 Å². The van der Waals surface area contributed by atoms with Crippen LogP contribution >= 0.6 is 0 Å². The Kier molecular flexibility index (Phi) is 3.93. The number of hydrogen-bond acceptors (Lipinski definition) is 2. The minimum absolute atomic E-state index is 0.0764. The van der Waals surface area contributed by atoms with Crippen molar-refractivity contribution in [3.8, 4) is 5.75 Å². The van der Waals surface area contributed by atoms with Gasteiger partial charge in [-0.3, -0.25) is 4.98 Å². The van der Waals surface area contributed by atoms with Gasteiger partial charge < -0.3 is 5.11 Å². The van der Waals surface area contributed by atoms with Crippen LogP contribution in [0, 0.1) is 6.92 Å². The molecule has 0 bridgehead atoms. The number of benzene rings is 1. The number of phenolic OH excluding ortho intramolecular Hbond substituents is 1. The summed E-state index contributed by atoms with van der Waals surface area (Å²) in [7, 11) is 0. The predicted octanol–water partition coefficient (Wildman–Crippen LogP) is 4.56. The maximum atomic E-state index is 10.2. The standard InChI is InChI=1S/C18H21NO/c1-13-10-15(8-7-14-6-5-9-19-12-14)11-16(17(13)20)18(2,3)4/h5-12,20H,1-4H3/b8-7+. The first-order chi connectivity index (χ1) is 9.38. The van der Waals surface area contributed by atoms with Gasteiger partial charge in [0.25, 0.3) is 0 Å². The van der Waals surface area contributed by atoms with Gasteiger partial charge in [-0.05, 0) is 47.2 Å². The number of aromatic nitrogens is 1. The van der Waals surface area contributed by atoms with Gasteiger partial charge in [0.2, 0.25) is 0 Å². The van der Waals surface area contributed by atoms with Crippen LogP contribution in [-0.2, 0) is 5.41 Å². The van der Waals surface area contributed by atoms with Crippen molar-refractivity contribution in [1.29, 1.82) is 0 Å². The van der Waals surface area contributed by atoms with Crippen LogP contribution in [0.4, 0.5) is 0 Å². The molecule has 0 unspecified atom stereocenters. The van der Waals surface area contributed by atoms with E-state index >= 15 is 0 Å². The highest BCUT2D eigenvalue weighted by atomic mass is 16.3. The Morgan fingerprint density at radius 1 is 1.10 bits per heavy atom. The number of aromatic hydroxyl groups is 1. The van der Waals surface area contributed by atoms with E-state index in [1.165, 1.54) is 0 Å². The fourth-order valence-electron chi connectivity index (χ4n) is 2.14. The van der Waals surface area contributed by atoms with Crippen molar-refractivity contribution in [3.63, 3.8) is 0 Å². The van der Waals surface area contributed by atoms with Crippen molar-refractivity contribution in [1.82, 2.24) is 4.98 Å². The molecule has 2 aromatic rings. The second-order valence-corrected chi connectivity index (χ2v) is 6.10. The fraction of sp³-hybridized carbons (Fsp3) is 0.278. The first-order valence-electron chi connectivity index (χ1n) is 6.80. The molecule has 1 aromatic heterocycles. The third-order valence-electron chi connectivity index (χ3n) is 3.28. The van der Waals surface area contributed by atoms with Crippen molar-refractivity contribution in [2.75, 3.05) is 0 Å². The highest BCUT2D eigenvalue weighted by Gasteiger charge is 2.19. The van der Waals surface area contributed by atoms with Crippen molar-refractivity contribution < 1.29 is 5.11 Å². The molecule has 1 heterocycles. The summed E-state index contributed by atoms with van der Waals surface area (Å²) in [5, 5.41) is 10.2. The van der Waals surface area contributed by atoms with Gasteiger partial charge in [-0.1, -0.05) is 39.0 Å². The lowest BCUT2D eigenvalue weighted by atomic mass is 9.84. The lowest BCUT2D eigenvalue weighted by Gasteiger charge is -2.22. The van der Waals surface area contributed by atoms with E-state index in [1.54, 1.807) is 6.20 Å². The highest BCUT2D eigenvalue weighted by molar-refractivity contribution is 5.70. The molecule has 0 aliphatic rings. The van der Waals surface area contributed by atoms with E-state index in [0.29, 0.717) is 5.75 Å². The maximum Gasteiger partial charge on any atom is 0.122 e. The van der Waals surface area contributed by atoms with Gasteiger partial charge in [-0.25, -0.2) is 0 Å². The fourth-order valence-corrected chi connectivity index (χ4v) is 2.14. The Hall–Kier alpha value is -2.09. The molecule has 1 aromatic carbocycles. The molecule has 1 N–H and O–H groups in total. The van der Waals surface area contributed by atoms with Gasteiger partial charge in [0.15, 0.2) is 0 Å². The van der Waals surface area contributed by atoms with Crippen LogP contribution in [0.1, 0.15) is 43.0 Å². The molecular formula is C18H21NO. The van der Waals surface area contributed by atoms with Gasteiger partial charge >= 0.3 is 0 Å². The smallest absolute Gasteiger partial charge is 0.122 e. The second kappa shape index (κ2) is 5.49. The zero-order chi connectivity index (χ0) is 14.8. The molecule has 0 aliphatic heterocycles. The van der Waals surface area contributed by atoms with Gasteiger partial charge in [-0.15, -0.1) is 0 Å². The molecule has 0 saturated carbocycles. The Morgan fingerprint density at radius 2 is 1.80 bits per heavy atom. The number of hydrogen-bond donors (Lipinski definition) is 1. The second-order valence-electron chi connectivity index (χ2n) is 6.10. The zero-order valence-corrected chi connectivity index (χ0v) is 12.5. The molecule has 2 nitrogen and oxygen atoms in total. The van der Waals surface area contributed by atoms with Crippen molar-refractivity contribution in [2.24, 2.45) is 0 Å². The molecule has 0 atom stereocenters. The summed E-state index contributed by atoms with van der Waals surface area (Å²) in [6.07, 6.45) is 7.68. The Bertz CT molecular complexity index is 622. The van der Waals surface area contributed by atoms with Gasteiger partial charge in [0.05, 0.1) is 0 Å². The third-order valence-corrected chi connectivity index (χ3v) is 3.28. The molecule has 2 rings (SSSR count). The number of rotatable bonds is 2. The molecule has 0 spiro atoms. The molecule has 0 aliphatic carbocycles. The zero-order valence-electron chi connectivity index (χ0n) is 12.5. The van der Waals surface area contributed by atoms with E-state index < -0.39 is 0 Å². The molecular weight excluding hydrogens is 246 g/mol. The summed E-state index contributed by atoms with van der Waals surface area (Å²) in [5.74, 6) is 0.399. The minimum atomic E-state index is -0.0764. The molecule has 0 saturated heterocycles. The highest BCUT2D eigenvalue weighted by Crippen LogP contribution is 2.34. The Balaban J connectivity index is 2.39. The molecule has 0 fully saturated rings. The lowest BCUT2D eigenvalue weighted by Crippen LogP contribution is -2.12. The molecule has 2 heteroatoms. The van der Waals surface area contributed by atoms with Crippen LogP contribution in [0.2, 0.25) is 0 Å². The van der Waals surface area contributed by atoms with Gasteiger partial charge in [0, 0.05) is 18.0 Å². The quantitative estimate of drug-likeness (QED) is 0.865. The first kappa shape index (κ1) is 14.3. The van der Waals surface area contributed by atoms with Crippen LogP contribution in [0.15, 0.2) is 36.7 Å². The Morgan fingerprint density at radius 3 is 2.40 bits per heavy atom. The molecule has 0 amide bonds. The van der Waals surface area contributed by atoms with Gasteiger partial charge in [0.1, 0.15) is 5.75 Å². The predicted molar refractivity (Wildman–Crippen MR) is 84.7 cm³/mol. The van der Waals surface area contributed by atoms with Crippen LogP contribution in [0.5, 0.6) is 5.75 Å². The van der Waals surface area contributed by atoms with Gasteiger partial charge in [-0.2, -0.15) is 0 Å². The van der Waals surface area contributed by atoms with Crippen LogP contribution in [-0.4, -0.2) is 10.1 Å². The van der Waals surface area contributed by atoms with E-state index in [0.717, 1.165) is 22.3 Å². The summed E-state index contributed by atoms with van der Waals surface area (Å²) >= 11 is 0. The number of phenols is 1. The summed E-state index contributed by atoms with van der Waals surface area (Å²) in [4.78, 5) is 4.09. The van der Waals surface area contributed by atoms with E-state index in [1.807, 2.05) is 37.4 Å². The van der Waals surface area contributed by atoms with Crippen LogP contribution < -0.4 is 0 Å². The normalized spacial score (nSPS) is 12.0.